The zero-order valence-electron chi connectivity index (χ0n) is 13.0. The van der Waals surface area contributed by atoms with E-state index in [1.54, 1.807) is 0 Å². The predicted octanol–water partition coefficient (Wildman–Crippen LogP) is 3.09. The van der Waals surface area contributed by atoms with E-state index < -0.39 is 0 Å². The van der Waals surface area contributed by atoms with Crippen LogP contribution in [0.15, 0.2) is 36.5 Å². The Balaban J connectivity index is 1.84. The number of ether oxygens (including phenoxy) is 1. The van der Waals surface area contributed by atoms with Crippen LogP contribution in [0.3, 0.4) is 0 Å². The maximum atomic E-state index is 5.47. The average Bonchev–Trinajstić information content (AvgIpc) is 2.88. The van der Waals surface area contributed by atoms with E-state index in [0.717, 1.165) is 50.7 Å². The van der Waals surface area contributed by atoms with Crippen LogP contribution in [0.4, 0.5) is 0 Å². The van der Waals surface area contributed by atoms with E-state index in [-0.39, 0.29) is 0 Å². The molecular weight excluding hydrogens is 262 g/mol. The Bertz CT molecular complexity index is 522. The summed E-state index contributed by atoms with van der Waals surface area (Å²) in [6, 6.07) is 10.4. The molecule has 0 unspecified atom stereocenters. The molecule has 0 bridgehead atoms. The molecule has 1 aromatic heterocycles. The van der Waals surface area contributed by atoms with E-state index in [0.29, 0.717) is 0 Å². The molecule has 0 amide bonds. The largest absolute Gasteiger partial charge is 0.381 e. The molecule has 21 heavy (non-hydrogen) atoms. The molecule has 0 atom stereocenters. The molecule has 0 spiro atoms. The molecule has 1 heterocycles. The standard InChI is InChI=1S/C17H25N3O/c1-3-11-21-12-7-10-18-13-17-14-19-15(2)20(17)16-8-5-4-6-9-16/h4-6,8-9,14,18H,3,7,10-13H2,1-2H3. The summed E-state index contributed by atoms with van der Waals surface area (Å²) in [7, 11) is 0. The van der Waals surface area contributed by atoms with Gasteiger partial charge in [-0.15, -0.1) is 0 Å². The van der Waals surface area contributed by atoms with Gasteiger partial charge in [0.05, 0.1) is 11.9 Å². The topological polar surface area (TPSA) is 39.1 Å². The van der Waals surface area contributed by atoms with Crippen molar-refractivity contribution in [3.63, 3.8) is 0 Å². The number of aryl methyl sites for hydroxylation is 1. The fourth-order valence-corrected chi connectivity index (χ4v) is 2.31. The molecule has 2 aromatic rings. The molecule has 4 nitrogen and oxygen atoms in total. The fourth-order valence-electron chi connectivity index (χ4n) is 2.31. The Hall–Kier alpha value is -1.65. The van der Waals surface area contributed by atoms with Crippen LogP contribution in [0, 0.1) is 6.92 Å². The zero-order valence-corrected chi connectivity index (χ0v) is 13.0. The van der Waals surface area contributed by atoms with Crippen molar-refractivity contribution in [1.29, 1.82) is 0 Å². The van der Waals surface area contributed by atoms with Gasteiger partial charge in [0, 0.05) is 25.4 Å². The first-order valence-electron chi connectivity index (χ1n) is 7.70. The quantitative estimate of drug-likeness (QED) is 0.720. The molecule has 1 N–H and O–H groups in total. The van der Waals surface area contributed by atoms with Gasteiger partial charge in [0.15, 0.2) is 0 Å². The van der Waals surface area contributed by atoms with Crippen LogP contribution >= 0.6 is 0 Å². The van der Waals surface area contributed by atoms with E-state index in [9.17, 15) is 0 Å². The molecule has 4 heteroatoms. The lowest BCUT2D eigenvalue weighted by Crippen LogP contribution is -2.18. The number of imidazole rings is 1. The van der Waals surface area contributed by atoms with Gasteiger partial charge in [-0.25, -0.2) is 4.98 Å². The van der Waals surface area contributed by atoms with Crippen molar-refractivity contribution in [3.8, 4) is 5.69 Å². The van der Waals surface area contributed by atoms with Crippen molar-refractivity contribution in [2.75, 3.05) is 19.8 Å². The van der Waals surface area contributed by atoms with Crippen LogP contribution in [-0.4, -0.2) is 29.3 Å². The third kappa shape index (κ3) is 4.69. The number of hydrogen-bond acceptors (Lipinski definition) is 3. The minimum Gasteiger partial charge on any atom is -0.381 e. The van der Waals surface area contributed by atoms with Crippen molar-refractivity contribution >= 4 is 0 Å². The summed E-state index contributed by atoms with van der Waals surface area (Å²) in [5, 5.41) is 3.46. The molecule has 0 fully saturated rings. The van der Waals surface area contributed by atoms with Crippen LogP contribution in [0.5, 0.6) is 0 Å². The van der Waals surface area contributed by atoms with E-state index in [2.05, 4.69) is 46.1 Å². The first-order valence-corrected chi connectivity index (χ1v) is 7.70. The second-order valence-corrected chi connectivity index (χ2v) is 5.11. The number of benzene rings is 1. The van der Waals surface area contributed by atoms with Gasteiger partial charge in [-0.05, 0) is 38.4 Å². The number of rotatable bonds is 9. The third-order valence-electron chi connectivity index (χ3n) is 3.32. The van der Waals surface area contributed by atoms with Gasteiger partial charge in [0.25, 0.3) is 0 Å². The van der Waals surface area contributed by atoms with Gasteiger partial charge in [0.2, 0.25) is 0 Å². The van der Waals surface area contributed by atoms with Gasteiger partial charge in [-0.2, -0.15) is 0 Å². The molecule has 114 valence electrons. The second kappa shape index (κ2) is 8.60. The lowest BCUT2D eigenvalue weighted by atomic mass is 10.3. The molecule has 0 saturated heterocycles. The van der Waals surface area contributed by atoms with Gasteiger partial charge in [0.1, 0.15) is 5.82 Å². The third-order valence-corrected chi connectivity index (χ3v) is 3.32. The molecule has 0 aliphatic heterocycles. The van der Waals surface area contributed by atoms with Gasteiger partial charge < -0.3 is 10.1 Å². The van der Waals surface area contributed by atoms with Crippen molar-refractivity contribution < 1.29 is 4.74 Å². The maximum Gasteiger partial charge on any atom is 0.110 e. The van der Waals surface area contributed by atoms with Crippen LogP contribution in [0.25, 0.3) is 5.69 Å². The number of para-hydroxylation sites is 1. The van der Waals surface area contributed by atoms with E-state index in [1.807, 2.05) is 19.2 Å². The summed E-state index contributed by atoms with van der Waals surface area (Å²) in [6.07, 6.45) is 4.07. The van der Waals surface area contributed by atoms with Crippen molar-refractivity contribution in [2.45, 2.75) is 33.2 Å². The van der Waals surface area contributed by atoms with Crippen LogP contribution < -0.4 is 5.32 Å². The first kappa shape index (κ1) is 15.7. The highest BCUT2D eigenvalue weighted by molar-refractivity contribution is 5.35. The van der Waals surface area contributed by atoms with E-state index in [4.69, 9.17) is 4.74 Å². The van der Waals surface area contributed by atoms with Gasteiger partial charge in [-0.1, -0.05) is 25.1 Å². The lowest BCUT2D eigenvalue weighted by molar-refractivity contribution is 0.132. The van der Waals surface area contributed by atoms with E-state index >= 15 is 0 Å². The zero-order chi connectivity index (χ0) is 14.9. The highest BCUT2D eigenvalue weighted by Crippen LogP contribution is 2.14. The molecule has 2 rings (SSSR count). The summed E-state index contributed by atoms with van der Waals surface area (Å²) >= 11 is 0. The smallest absolute Gasteiger partial charge is 0.110 e. The summed E-state index contributed by atoms with van der Waals surface area (Å²) < 4.78 is 7.67. The molecule has 0 saturated carbocycles. The molecule has 1 aromatic carbocycles. The fraction of sp³-hybridized carbons (Fsp3) is 0.471. The molecule has 0 aliphatic rings. The molecule has 0 radical (unpaired) electrons. The summed E-state index contributed by atoms with van der Waals surface area (Å²) in [5.74, 6) is 1.02. The summed E-state index contributed by atoms with van der Waals surface area (Å²) in [6.45, 7) is 7.64. The lowest BCUT2D eigenvalue weighted by Gasteiger charge is -2.11. The SMILES string of the molecule is CCCOCCCNCc1cnc(C)n1-c1ccccc1. The number of hydrogen-bond donors (Lipinski definition) is 1. The molecular formula is C17H25N3O. The molecule has 0 aliphatic carbocycles. The first-order chi connectivity index (χ1) is 10.3. The van der Waals surface area contributed by atoms with Gasteiger partial charge in [-0.3, -0.25) is 4.57 Å². The highest BCUT2D eigenvalue weighted by Gasteiger charge is 2.07. The Morgan fingerprint density at radius 2 is 2.00 bits per heavy atom. The average molecular weight is 287 g/mol. The maximum absolute atomic E-state index is 5.47. The Morgan fingerprint density at radius 1 is 1.19 bits per heavy atom. The second-order valence-electron chi connectivity index (χ2n) is 5.11. The summed E-state index contributed by atoms with van der Waals surface area (Å²) in [5.41, 5.74) is 2.35. The van der Waals surface area contributed by atoms with Crippen LogP contribution in [-0.2, 0) is 11.3 Å². The minimum absolute atomic E-state index is 0.823. The van der Waals surface area contributed by atoms with Crippen molar-refractivity contribution in [1.82, 2.24) is 14.9 Å². The normalized spacial score (nSPS) is 11.0. The van der Waals surface area contributed by atoms with Crippen LogP contribution in [0.2, 0.25) is 0 Å². The number of nitrogens with zero attached hydrogens (tertiary/aromatic N) is 2. The van der Waals surface area contributed by atoms with Crippen LogP contribution in [0.1, 0.15) is 31.3 Å². The Kier molecular flexibility index (Phi) is 6.44. The predicted molar refractivity (Wildman–Crippen MR) is 85.7 cm³/mol. The summed E-state index contributed by atoms with van der Waals surface area (Å²) in [4.78, 5) is 4.43. The Labute approximate surface area is 127 Å². The number of nitrogens with one attached hydrogen (secondary N) is 1. The Morgan fingerprint density at radius 3 is 2.76 bits per heavy atom. The van der Waals surface area contributed by atoms with Crippen molar-refractivity contribution in [3.05, 3.63) is 48.0 Å². The monoisotopic (exact) mass is 287 g/mol. The minimum atomic E-state index is 0.823. The van der Waals surface area contributed by atoms with E-state index in [1.165, 1.54) is 5.69 Å². The van der Waals surface area contributed by atoms with Gasteiger partial charge >= 0.3 is 0 Å². The van der Waals surface area contributed by atoms with Crippen molar-refractivity contribution in [2.24, 2.45) is 0 Å². The number of aromatic nitrogens is 2. The highest BCUT2D eigenvalue weighted by atomic mass is 16.5.